The van der Waals surface area contributed by atoms with Crippen molar-refractivity contribution in [1.29, 1.82) is 0 Å². The van der Waals surface area contributed by atoms with E-state index >= 15 is 0 Å². The number of fused-ring (bicyclic) bond motifs is 12. The van der Waals surface area contributed by atoms with Crippen molar-refractivity contribution in [3.63, 3.8) is 0 Å². The normalized spacial score (nSPS) is 13.6. The molecule has 12 rings (SSSR count). The lowest BCUT2D eigenvalue weighted by molar-refractivity contribution is 0.722. The smallest absolute Gasteiger partial charge is 0.161 e. The minimum Gasteiger partial charge on any atom is -0.261 e. The Morgan fingerprint density at radius 1 is 0.448 bits per heavy atom. The van der Waals surface area contributed by atoms with Gasteiger partial charge in [0.25, 0.3) is 0 Å². The third kappa shape index (κ3) is 7.28. The van der Waals surface area contributed by atoms with Gasteiger partial charge in [0, 0.05) is 11.1 Å². The van der Waals surface area contributed by atoms with Crippen LogP contribution in [0.1, 0.15) is 77.9 Å². The van der Waals surface area contributed by atoms with E-state index in [9.17, 15) is 0 Å². The first-order chi connectivity index (χ1) is 32.9. The topological polar surface area (TPSA) is 37.1 Å². The van der Waals surface area contributed by atoms with Crippen LogP contribution in [0.15, 0.2) is 221 Å². The summed E-state index contributed by atoms with van der Waals surface area (Å²) >= 11 is 0. The molecule has 0 saturated carbocycles. The number of amidine groups is 2. The Bertz CT molecular complexity index is 3380. The first-order valence-electron chi connectivity index (χ1n) is 23.3. The minimum absolute atomic E-state index is 0.289. The molecule has 0 N–H and O–H groups in total. The molecule has 322 valence electrons. The first kappa shape index (κ1) is 41.7. The van der Waals surface area contributed by atoms with Crippen LogP contribution in [0.2, 0.25) is 0 Å². The van der Waals surface area contributed by atoms with Crippen LogP contribution in [-0.4, -0.2) is 18.4 Å². The molecule has 3 aliphatic rings. The van der Waals surface area contributed by atoms with Gasteiger partial charge in [-0.15, -0.1) is 0 Å². The highest BCUT2D eigenvalue weighted by Crippen LogP contribution is 2.59. The second kappa shape index (κ2) is 17.4. The number of benzene rings is 9. The number of aliphatic imine (C=N–C) groups is 3. The van der Waals surface area contributed by atoms with Gasteiger partial charge in [-0.05, 0) is 141 Å². The Hall–Kier alpha value is -8.01. The van der Waals surface area contributed by atoms with E-state index < -0.39 is 0 Å². The molecule has 0 heterocycles. The zero-order valence-electron chi connectivity index (χ0n) is 38.3. The molecule has 1 spiro atoms. The van der Waals surface area contributed by atoms with Gasteiger partial charge < -0.3 is 0 Å². The van der Waals surface area contributed by atoms with Crippen LogP contribution >= 0.6 is 0 Å². The van der Waals surface area contributed by atoms with Gasteiger partial charge in [0.1, 0.15) is 0 Å². The van der Waals surface area contributed by atoms with E-state index in [1.54, 1.807) is 0 Å². The molecule has 0 aliphatic heterocycles. The van der Waals surface area contributed by atoms with E-state index in [0.717, 1.165) is 29.5 Å². The van der Waals surface area contributed by atoms with Crippen molar-refractivity contribution in [2.45, 2.75) is 45.6 Å². The van der Waals surface area contributed by atoms with Gasteiger partial charge in [-0.25, -0.2) is 9.98 Å². The largest absolute Gasteiger partial charge is 0.261 e. The van der Waals surface area contributed by atoms with Crippen LogP contribution < -0.4 is 0 Å². The summed E-state index contributed by atoms with van der Waals surface area (Å²) in [7, 11) is 0. The van der Waals surface area contributed by atoms with Crippen LogP contribution in [0.25, 0.3) is 33.4 Å². The number of hydrogen-bond donors (Lipinski definition) is 0. The zero-order chi connectivity index (χ0) is 45.5. The quantitative estimate of drug-likeness (QED) is 0.122. The highest BCUT2D eigenvalue weighted by molar-refractivity contribution is 6.15. The zero-order valence-corrected chi connectivity index (χ0v) is 38.3. The van der Waals surface area contributed by atoms with Crippen LogP contribution in [0.3, 0.4) is 0 Å². The molecule has 3 aliphatic carbocycles. The van der Waals surface area contributed by atoms with Gasteiger partial charge in [-0.1, -0.05) is 206 Å². The Labute approximate surface area is 394 Å². The Kier molecular flexibility index (Phi) is 10.8. The molecular weight excluding hydrogens is 811 g/mol. The van der Waals surface area contributed by atoms with E-state index in [1.165, 1.54) is 94.6 Å². The molecule has 9 aromatic carbocycles. The average molecular weight is 862 g/mol. The molecule has 0 radical (unpaired) electrons. The third-order valence-corrected chi connectivity index (χ3v) is 14.0. The lowest BCUT2D eigenvalue weighted by atomic mass is 9.61. The molecule has 0 atom stereocenters. The molecule has 0 amide bonds. The molecule has 9 aromatic rings. The van der Waals surface area contributed by atoms with Crippen molar-refractivity contribution in [2.24, 2.45) is 15.0 Å². The van der Waals surface area contributed by atoms with Gasteiger partial charge >= 0.3 is 0 Å². The van der Waals surface area contributed by atoms with Crippen molar-refractivity contribution < 1.29 is 0 Å². The number of aryl methyl sites for hydroxylation is 3. The average Bonchev–Trinajstić information content (AvgIpc) is 3.89. The maximum Gasteiger partial charge on any atom is 0.161 e. The van der Waals surface area contributed by atoms with E-state index in [4.69, 9.17) is 9.98 Å². The molecule has 0 aromatic heterocycles. The van der Waals surface area contributed by atoms with Crippen LogP contribution in [-0.2, 0) is 24.8 Å². The summed E-state index contributed by atoms with van der Waals surface area (Å²) in [5.74, 6) is 1.25. The van der Waals surface area contributed by atoms with Gasteiger partial charge in [-0.2, -0.15) is 0 Å². The predicted molar refractivity (Wildman–Crippen MR) is 280 cm³/mol. The second-order valence-electron chi connectivity index (χ2n) is 18.1. The van der Waals surface area contributed by atoms with E-state index in [-0.39, 0.29) is 5.41 Å². The second-order valence-corrected chi connectivity index (χ2v) is 18.1. The predicted octanol–water partition coefficient (Wildman–Crippen LogP) is 14.9. The molecule has 0 unspecified atom stereocenters. The maximum absolute atomic E-state index is 4.99. The summed E-state index contributed by atoms with van der Waals surface area (Å²) in [6.45, 7) is 11.0. The van der Waals surface area contributed by atoms with Gasteiger partial charge in [-0.3, -0.25) is 4.99 Å². The lowest BCUT2D eigenvalue weighted by Gasteiger charge is -2.41. The van der Waals surface area contributed by atoms with Crippen molar-refractivity contribution in [3.8, 4) is 33.4 Å². The summed E-state index contributed by atoms with van der Waals surface area (Å²) in [5.41, 5.74) is 25.8. The lowest BCUT2D eigenvalue weighted by Crippen LogP contribution is -2.34. The van der Waals surface area contributed by atoms with E-state index in [0.29, 0.717) is 18.2 Å². The maximum atomic E-state index is 4.99. The van der Waals surface area contributed by atoms with Crippen LogP contribution in [0.4, 0.5) is 0 Å². The third-order valence-electron chi connectivity index (χ3n) is 14.0. The molecule has 67 heavy (non-hydrogen) atoms. The summed E-state index contributed by atoms with van der Waals surface area (Å²) in [6, 6.07) is 74.3. The summed E-state index contributed by atoms with van der Waals surface area (Å²) in [6.07, 6.45) is 1.91. The van der Waals surface area contributed by atoms with E-state index in [1.807, 2.05) is 48.5 Å². The number of nitrogens with zero attached hydrogens (tertiary/aromatic N) is 3. The number of rotatable bonds is 5. The molecule has 0 bridgehead atoms. The van der Waals surface area contributed by atoms with Gasteiger partial charge in [0.15, 0.2) is 11.7 Å². The first-order valence-corrected chi connectivity index (χ1v) is 23.3. The van der Waals surface area contributed by atoms with Crippen molar-refractivity contribution >= 4 is 18.4 Å². The monoisotopic (exact) mass is 861 g/mol. The SMILES string of the molecule is C=NC(=NC(=NCc1ccccc1)c1cccc2c1-c1cc(C)ccc1C2)c1ccccc1.Cc1ccccc1-c1cc2c(cc1C)Cc1ccccc1C21c2ccccc2-c2ccccc21. The molecule has 3 nitrogen and oxygen atoms in total. The fourth-order valence-electron chi connectivity index (χ4n) is 11.0. The van der Waals surface area contributed by atoms with Crippen LogP contribution in [0.5, 0.6) is 0 Å². The Morgan fingerprint density at radius 2 is 1.06 bits per heavy atom. The minimum atomic E-state index is -0.289. The summed E-state index contributed by atoms with van der Waals surface area (Å²) in [4.78, 5) is 14.2. The van der Waals surface area contributed by atoms with Crippen LogP contribution in [0, 0.1) is 20.8 Å². The summed E-state index contributed by atoms with van der Waals surface area (Å²) in [5, 5.41) is 0. The fourth-order valence-corrected chi connectivity index (χ4v) is 11.0. The number of hydrogen-bond acceptors (Lipinski definition) is 1. The highest BCUT2D eigenvalue weighted by atomic mass is 15.0. The van der Waals surface area contributed by atoms with Crippen molar-refractivity contribution in [2.75, 3.05) is 0 Å². The fraction of sp³-hybridized carbons (Fsp3) is 0.109. The van der Waals surface area contributed by atoms with E-state index in [2.05, 4.69) is 190 Å². The van der Waals surface area contributed by atoms with Crippen molar-refractivity contribution in [3.05, 3.63) is 284 Å². The Balaban J connectivity index is 0.000000148. The molecular formula is C64H51N3. The van der Waals surface area contributed by atoms with Gasteiger partial charge in [0.05, 0.1) is 12.0 Å². The van der Waals surface area contributed by atoms with Crippen molar-refractivity contribution in [1.82, 2.24) is 0 Å². The molecule has 0 saturated heterocycles. The molecule has 0 fully saturated rings. The molecule has 3 heteroatoms. The highest BCUT2D eigenvalue weighted by Gasteiger charge is 2.49. The standard InChI is InChI=1S/C34H26.C30H25N3/c1-22-11-3-5-13-26(22)29-21-33-25(19-23(29)2)20-24-12-4-8-16-30(24)34(33)31-17-9-6-14-27(31)28-15-7-10-18-32(28)34;1-21-16-17-24-19-25-14-9-15-26(28(25)27(24)18-21)30(32-20-22-10-5-3-6-11-22)33-29(31-2)23-12-7-4-8-13-23/h3-19,21H,20H2,1-2H3;3-18H,2,19-20H2,1H3. The summed E-state index contributed by atoms with van der Waals surface area (Å²) < 4.78 is 0. The van der Waals surface area contributed by atoms with Gasteiger partial charge in [0.2, 0.25) is 0 Å². The Morgan fingerprint density at radius 3 is 1.78 bits per heavy atom.